The van der Waals surface area contributed by atoms with Crippen molar-refractivity contribution in [3.63, 3.8) is 0 Å². The van der Waals surface area contributed by atoms with Gasteiger partial charge >= 0.3 is 6.18 Å². The fraction of sp³-hybridized carbons (Fsp3) is 0.455. The summed E-state index contributed by atoms with van der Waals surface area (Å²) < 4.78 is 40.2. The molecule has 0 fully saturated rings. The Bertz CT molecular complexity index is 355. The zero-order chi connectivity index (χ0) is 12.9. The Morgan fingerprint density at radius 2 is 1.94 bits per heavy atom. The molecule has 0 spiro atoms. The van der Waals surface area contributed by atoms with E-state index < -0.39 is 25.3 Å². The lowest BCUT2D eigenvalue weighted by molar-refractivity contribution is -0.147. The van der Waals surface area contributed by atoms with Crippen molar-refractivity contribution in [2.45, 2.75) is 18.7 Å². The standard InChI is InChI=1S/C11H14F3NO2/c12-11(13,14)5-6-17-7-10(16)8-3-1-2-4-9(8)15/h1-4,10,16H,5-7,15H2. The molecule has 1 aromatic rings. The van der Waals surface area contributed by atoms with Crippen LogP contribution in [0, 0.1) is 0 Å². The van der Waals surface area contributed by atoms with Crippen LogP contribution in [-0.4, -0.2) is 24.5 Å². The van der Waals surface area contributed by atoms with E-state index in [1.807, 2.05) is 0 Å². The quantitative estimate of drug-likeness (QED) is 0.621. The van der Waals surface area contributed by atoms with Crippen LogP contribution >= 0.6 is 0 Å². The summed E-state index contributed by atoms with van der Waals surface area (Å²) in [4.78, 5) is 0. The number of halogens is 3. The third kappa shape index (κ3) is 5.06. The molecule has 0 aliphatic heterocycles. The maximum absolute atomic E-state index is 11.8. The normalized spacial score (nSPS) is 13.6. The Morgan fingerprint density at radius 1 is 1.29 bits per heavy atom. The molecule has 0 aliphatic carbocycles. The van der Waals surface area contributed by atoms with Crippen molar-refractivity contribution in [2.75, 3.05) is 18.9 Å². The second-order valence-corrected chi connectivity index (χ2v) is 3.58. The number of anilines is 1. The molecular formula is C11H14F3NO2. The Balaban J connectivity index is 2.36. The second-order valence-electron chi connectivity index (χ2n) is 3.58. The molecule has 0 amide bonds. The van der Waals surface area contributed by atoms with E-state index in [2.05, 4.69) is 0 Å². The molecule has 3 N–H and O–H groups in total. The van der Waals surface area contributed by atoms with Gasteiger partial charge in [0.1, 0.15) is 6.10 Å². The van der Waals surface area contributed by atoms with Gasteiger partial charge in [-0.3, -0.25) is 0 Å². The van der Waals surface area contributed by atoms with Gasteiger partial charge in [-0.05, 0) is 6.07 Å². The van der Waals surface area contributed by atoms with Crippen LogP contribution in [0.2, 0.25) is 0 Å². The predicted octanol–water partition coefficient (Wildman–Crippen LogP) is 2.27. The fourth-order valence-electron chi connectivity index (χ4n) is 1.29. The fourth-order valence-corrected chi connectivity index (χ4v) is 1.29. The minimum atomic E-state index is -4.24. The molecule has 0 saturated carbocycles. The van der Waals surface area contributed by atoms with Crippen molar-refractivity contribution in [2.24, 2.45) is 0 Å². The van der Waals surface area contributed by atoms with Crippen LogP contribution < -0.4 is 5.73 Å². The summed E-state index contributed by atoms with van der Waals surface area (Å²) in [6, 6.07) is 6.60. The molecule has 1 rings (SSSR count). The van der Waals surface area contributed by atoms with Crippen LogP contribution in [0.3, 0.4) is 0 Å². The molecule has 0 bridgehead atoms. The summed E-state index contributed by atoms with van der Waals surface area (Å²) in [6.45, 7) is -0.669. The van der Waals surface area contributed by atoms with E-state index in [0.29, 0.717) is 11.3 Å². The van der Waals surface area contributed by atoms with Crippen LogP contribution in [0.4, 0.5) is 18.9 Å². The number of hydrogen-bond donors (Lipinski definition) is 2. The Labute approximate surface area is 97.0 Å². The van der Waals surface area contributed by atoms with Gasteiger partial charge in [-0.2, -0.15) is 13.2 Å². The lowest BCUT2D eigenvalue weighted by Gasteiger charge is -2.14. The summed E-state index contributed by atoms with van der Waals surface area (Å²) in [5.74, 6) is 0. The van der Waals surface area contributed by atoms with E-state index in [9.17, 15) is 18.3 Å². The van der Waals surface area contributed by atoms with Crippen LogP contribution in [0.5, 0.6) is 0 Å². The average Bonchev–Trinajstić information content (AvgIpc) is 2.23. The van der Waals surface area contributed by atoms with E-state index in [-0.39, 0.29) is 6.61 Å². The predicted molar refractivity (Wildman–Crippen MR) is 57.3 cm³/mol. The molecule has 0 aromatic heterocycles. The first-order valence-corrected chi connectivity index (χ1v) is 5.07. The molecule has 6 heteroatoms. The summed E-state index contributed by atoms with van der Waals surface area (Å²) in [5.41, 5.74) is 6.45. The zero-order valence-corrected chi connectivity index (χ0v) is 9.07. The molecule has 1 aromatic carbocycles. The molecule has 0 heterocycles. The van der Waals surface area contributed by atoms with Crippen molar-refractivity contribution in [3.8, 4) is 0 Å². The minimum Gasteiger partial charge on any atom is -0.398 e. The highest BCUT2D eigenvalue weighted by Gasteiger charge is 2.26. The van der Waals surface area contributed by atoms with Gasteiger partial charge in [-0.25, -0.2) is 0 Å². The molecule has 1 atom stereocenters. The molecule has 17 heavy (non-hydrogen) atoms. The number of benzene rings is 1. The number of aliphatic hydroxyl groups is 1. The minimum absolute atomic E-state index is 0.204. The lowest BCUT2D eigenvalue weighted by atomic mass is 10.1. The average molecular weight is 249 g/mol. The molecule has 96 valence electrons. The van der Waals surface area contributed by atoms with Crippen molar-refractivity contribution in [3.05, 3.63) is 29.8 Å². The number of alkyl halides is 3. The molecule has 1 unspecified atom stereocenters. The van der Waals surface area contributed by atoms with E-state index in [1.54, 1.807) is 24.3 Å². The van der Waals surface area contributed by atoms with Gasteiger partial charge in [0, 0.05) is 11.3 Å². The van der Waals surface area contributed by atoms with Crippen molar-refractivity contribution >= 4 is 5.69 Å². The summed E-state index contributed by atoms with van der Waals surface area (Å²) >= 11 is 0. The van der Waals surface area contributed by atoms with Crippen LogP contribution in [0.25, 0.3) is 0 Å². The van der Waals surface area contributed by atoms with E-state index in [0.717, 1.165) is 0 Å². The highest BCUT2D eigenvalue weighted by Crippen LogP contribution is 2.22. The number of para-hydroxylation sites is 1. The molecular weight excluding hydrogens is 235 g/mol. The summed E-state index contributed by atoms with van der Waals surface area (Å²) in [7, 11) is 0. The monoisotopic (exact) mass is 249 g/mol. The second kappa shape index (κ2) is 5.88. The number of rotatable bonds is 5. The Hall–Kier alpha value is -1.27. The van der Waals surface area contributed by atoms with Gasteiger partial charge in [0.05, 0.1) is 19.6 Å². The number of ether oxygens (including phenoxy) is 1. The molecule has 0 saturated heterocycles. The zero-order valence-electron chi connectivity index (χ0n) is 9.07. The smallest absolute Gasteiger partial charge is 0.391 e. The number of hydrogen-bond acceptors (Lipinski definition) is 3. The van der Waals surface area contributed by atoms with E-state index in [1.165, 1.54) is 0 Å². The van der Waals surface area contributed by atoms with Crippen molar-refractivity contribution in [1.29, 1.82) is 0 Å². The molecule has 0 aliphatic rings. The Kier molecular flexibility index (Phi) is 4.77. The first kappa shape index (κ1) is 13.8. The maximum Gasteiger partial charge on any atom is 0.391 e. The van der Waals surface area contributed by atoms with Crippen LogP contribution in [-0.2, 0) is 4.74 Å². The first-order valence-electron chi connectivity index (χ1n) is 5.07. The molecule has 0 radical (unpaired) electrons. The highest BCUT2D eigenvalue weighted by molar-refractivity contribution is 5.47. The van der Waals surface area contributed by atoms with Crippen LogP contribution in [0.15, 0.2) is 24.3 Å². The third-order valence-electron chi connectivity index (χ3n) is 2.16. The SMILES string of the molecule is Nc1ccccc1C(O)COCCC(F)(F)F. The van der Waals surface area contributed by atoms with Gasteiger partial charge in [-0.15, -0.1) is 0 Å². The third-order valence-corrected chi connectivity index (χ3v) is 2.16. The number of aliphatic hydroxyl groups excluding tert-OH is 1. The van der Waals surface area contributed by atoms with Gasteiger partial charge < -0.3 is 15.6 Å². The first-order chi connectivity index (χ1) is 7.90. The van der Waals surface area contributed by atoms with Crippen LogP contribution in [0.1, 0.15) is 18.1 Å². The lowest BCUT2D eigenvalue weighted by Crippen LogP contribution is -2.15. The highest BCUT2D eigenvalue weighted by atomic mass is 19.4. The topological polar surface area (TPSA) is 55.5 Å². The van der Waals surface area contributed by atoms with Gasteiger partial charge in [-0.1, -0.05) is 18.2 Å². The largest absolute Gasteiger partial charge is 0.398 e. The summed E-state index contributed by atoms with van der Waals surface area (Å²) in [5, 5.41) is 9.64. The van der Waals surface area contributed by atoms with Crippen molar-refractivity contribution in [1.82, 2.24) is 0 Å². The Morgan fingerprint density at radius 3 is 2.53 bits per heavy atom. The summed E-state index contributed by atoms with van der Waals surface area (Å²) in [6.07, 6.45) is -6.27. The van der Waals surface area contributed by atoms with Gasteiger partial charge in [0.15, 0.2) is 0 Å². The van der Waals surface area contributed by atoms with E-state index >= 15 is 0 Å². The molecule has 3 nitrogen and oxygen atoms in total. The van der Waals surface area contributed by atoms with E-state index in [4.69, 9.17) is 10.5 Å². The van der Waals surface area contributed by atoms with Crippen molar-refractivity contribution < 1.29 is 23.0 Å². The maximum atomic E-state index is 11.8. The van der Waals surface area contributed by atoms with Gasteiger partial charge in [0.25, 0.3) is 0 Å². The number of nitrogen functional groups attached to an aromatic ring is 1. The number of nitrogens with two attached hydrogens (primary N) is 1. The van der Waals surface area contributed by atoms with Gasteiger partial charge in [0.2, 0.25) is 0 Å².